The molecular formula is C12H19N3O3. The molecule has 0 aliphatic carbocycles. The molecule has 18 heavy (non-hydrogen) atoms. The van der Waals surface area contributed by atoms with Crippen LogP contribution in [0.1, 0.15) is 30.8 Å². The quantitative estimate of drug-likeness (QED) is 0.705. The monoisotopic (exact) mass is 253 g/mol. The Morgan fingerprint density at radius 3 is 2.67 bits per heavy atom. The SMILES string of the molecule is CCCN(CC(=O)OCC)C(=O)c1cncn1C. The summed E-state index contributed by atoms with van der Waals surface area (Å²) in [5.41, 5.74) is 0.466. The van der Waals surface area contributed by atoms with Crippen LogP contribution in [0.2, 0.25) is 0 Å². The first-order valence-corrected chi connectivity index (χ1v) is 6.01. The Labute approximate surface area is 107 Å². The van der Waals surface area contributed by atoms with E-state index in [9.17, 15) is 9.59 Å². The number of hydrogen-bond donors (Lipinski definition) is 0. The van der Waals surface area contributed by atoms with Crippen LogP contribution in [0.3, 0.4) is 0 Å². The Bertz CT molecular complexity index is 414. The molecule has 0 aromatic carbocycles. The molecule has 6 heteroatoms. The summed E-state index contributed by atoms with van der Waals surface area (Å²) in [5.74, 6) is -0.591. The molecule has 0 atom stereocenters. The number of aromatic nitrogens is 2. The number of carbonyl (C=O) groups is 2. The summed E-state index contributed by atoms with van der Waals surface area (Å²) in [6.07, 6.45) is 3.83. The van der Waals surface area contributed by atoms with Gasteiger partial charge in [-0.05, 0) is 13.3 Å². The molecule has 0 N–H and O–H groups in total. The van der Waals surface area contributed by atoms with Crippen LogP contribution in [0.15, 0.2) is 12.5 Å². The third kappa shape index (κ3) is 3.58. The van der Waals surface area contributed by atoms with Gasteiger partial charge in [0.15, 0.2) is 0 Å². The smallest absolute Gasteiger partial charge is 0.325 e. The first kappa shape index (κ1) is 14.2. The van der Waals surface area contributed by atoms with Gasteiger partial charge in [0.05, 0.1) is 19.1 Å². The van der Waals surface area contributed by atoms with Gasteiger partial charge in [-0.25, -0.2) is 4.98 Å². The normalized spacial score (nSPS) is 10.2. The van der Waals surface area contributed by atoms with E-state index in [1.54, 1.807) is 24.9 Å². The second-order valence-corrected chi connectivity index (χ2v) is 3.92. The van der Waals surface area contributed by atoms with Gasteiger partial charge in [-0.15, -0.1) is 0 Å². The summed E-state index contributed by atoms with van der Waals surface area (Å²) < 4.78 is 6.50. The standard InChI is InChI=1S/C12H19N3O3/c1-4-6-15(8-11(16)18-5-2)12(17)10-7-13-9-14(10)3/h7,9H,4-6,8H2,1-3H3. The lowest BCUT2D eigenvalue weighted by molar-refractivity contribution is -0.143. The van der Waals surface area contributed by atoms with Crippen LogP contribution in [0, 0.1) is 0 Å². The first-order chi connectivity index (χ1) is 8.60. The average Bonchev–Trinajstić information content (AvgIpc) is 2.74. The number of nitrogens with zero attached hydrogens (tertiary/aromatic N) is 3. The molecule has 1 amide bonds. The Morgan fingerprint density at radius 2 is 2.17 bits per heavy atom. The van der Waals surface area contributed by atoms with E-state index in [1.807, 2.05) is 6.92 Å². The number of ether oxygens (including phenoxy) is 1. The van der Waals surface area contributed by atoms with Gasteiger partial charge in [0.25, 0.3) is 5.91 Å². The van der Waals surface area contributed by atoms with E-state index in [1.165, 1.54) is 11.1 Å². The lowest BCUT2D eigenvalue weighted by Crippen LogP contribution is -2.37. The lowest BCUT2D eigenvalue weighted by atomic mass is 10.3. The molecule has 0 bridgehead atoms. The summed E-state index contributed by atoms with van der Waals surface area (Å²) in [4.78, 5) is 29.0. The van der Waals surface area contributed by atoms with Gasteiger partial charge in [0.2, 0.25) is 0 Å². The van der Waals surface area contributed by atoms with Crippen molar-refractivity contribution in [3.05, 3.63) is 18.2 Å². The molecule has 6 nitrogen and oxygen atoms in total. The Morgan fingerprint density at radius 1 is 1.44 bits per heavy atom. The molecule has 1 aromatic rings. The van der Waals surface area contributed by atoms with Gasteiger partial charge in [-0.2, -0.15) is 0 Å². The fraction of sp³-hybridized carbons (Fsp3) is 0.583. The topological polar surface area (TPSA) is 64.4 Å². The fourth-order valence-corrected chi connectivity index (χ4v) is 1.61. The van der Waals surface area contributed by atoms with Crippen molar-refractivity contribution in [3.63, 3.8) is 0 Å². The summed E-state index contributed by atoms with van der Waals surface area (Å²) in [6.45, 7) is 4.51. The first-order valence-electron chi connectivity index (χ1n) is 6.01. The molecule has 0 saturated heterocycles. The predicted molar refractivity (Wildman–Crippen MR) is 66.0 cm³/mol. The zero-order valence-corrected chi connectivity index (χ0v) is 11.0. The molecule has 0 radical (unpaired) electrons. The molecule has 1 heterocycles. The second kappa shape index (κ2) is 6.78. The zero-order chi connectivity index (χ0) is 13.5. The van der Waals surface area contributed by atoms with Gasteiger partial charge in [-0.3, -0.25) is 9.59 Å². The van der Waals surface area contributed by atoms with Gasteiger partial charge < -0.3 is 14.2 Å². The van der Waals surface area contributed by atoms with Gasteiger partial charge in [0, 0.05) is 13.6 Å². The van der Waals surface area contributed by atoms with E-state index < -0.39 is 0 Å². The molecular weight excluding hydrogens is 234 g/mol. The number of esters is 1. The fourth-order valence-electron chi connectivity index (χ4n) is 1.61. The minimum absolute atomic E-state index is 0.0221. The molecule has 1 aromatic heterocycles. The van der Waals surface area contributed by atoms with Crippen molar-refractivity contribution in [1.29, 1.82) is 0 Å². The number of rotatable bonds is 6. The van der Waals surface area contributed by atoms with Crippen molar-refractivity contribution in [2.24, 2.45) is 7.05 Å². The predicted octanol–water partition coefficient (Wildman–Crippen LogP) is 0.835. The van der Waals surface area contributed by atoms with Crippen LogP contribution in [0.5, 0.6) is 0 Å². The van der Waals surface area contributed by atoms with Crippen molar-refractivity contribution >= 4 is 11.9 Å². The molecule has 0 fully saturated rings. The van der Waals surface area contributed by atoms with Crippen molar-refractivity contribution in [3.8, 4) is 0 Å². The van der Waals surface area contributed by atoms with Gasteiger partial charge >= 0.3 is 5.97 Å². The van der Waals surface area contributed by atoms with Crippen LogP contribution in [-0.4, -0.2) is 46.0 Å². The van der Waals surface area contributed by atoms with Crippen molar-refractivity contribution in [2.75, 3.05) is 19.7 Å². The van der Waals surface area contributed by atoms with E-state index in [0.29, 0.717) is 18.8 Å². The molecule has 0 unspecified atom stereocenters. The van der Waals surface area contributed by atoms with Crippen LogP contribution >= 0.6 is 0 Å². The van der Waals surface area contributed by atoms with Crippen LogP contribution in [-0.2, 0) is 16.6 Å². The summed E-state index contributed by atoms with van der Waals surface area (Å²) >= 11 is 0. The molecule has 0 aliphatic rings. The maximum atomic E-state index is 12.2. The number of amides is 1. The maximum Gasteiger partial charge on any atom is 0.325 e. The van der Waals surface area contributed by atoms with E-state index in [4.69, 9.17) is 4.74 Å². The van der Waals surface area contributed by atoms with E-state index >= 15 is 0 Å². The largest absolute Gasteiger partial charge is 0.465 e. The van der Waals surface area contributed by atoms with E-state index in [0.717, 1.165) is 6.42 Å². The maximum absolute atomic E-state index is 12.2. The molecule has 1 rings (SSSR count). The minimum Gasteiger partial charge on any atom is -0.465 e. The highest BCUT2D eigenvalue weighted by molar-refractivity contribution is 5.94. The second-order valence-electron chi connectivity index (χ2n) is 3.92. The molecule has 0 saturated carbocycles. The summed E-state index contributed by atoms with van der Waals surface area (Å²) in [5, 5.41) is 0. The van der Waals surface area contributed by atoms with Crippen molar-refractivity contribution in [1.82, 2.24) is 14.5 Å². The number of imidazole rings is 1. The summed E-state index contributed by atoms with van der Waals surface area (Å²) in [6, 6.07) is 0. The molecule has 0 spiro atoms. The lowest BCUT2D eigenvalue weighted by Gasteiger charge is -2.20. The van der Waals surface area contributed by atoms with Crippen LogP contribution in [0.25, 0.3) is 0 Å². The van der Waals surface area contributed by atoms with E-state index in [2.05, 4.69) is 4.98 Å². The third-order valence-corrected chi connectivity index (χ3v) is 2.44. The van der Waals surface area contributed by atoms with Crippen LogP contribution < -0.4 is 0 Å². The number of aryl methyl sites for hydroxylation is 1. The zero-order valence-electron chi connectivity index (χ0n) is 11.0. The summed E-state index contributed by atoms with van der Waals surface area (Å²) in [7, 11) is 1.74. The highest BCUT2D eigenvalue weighted by atomic mass is 16.5. The average molecular weight is 253 g/mol. The van der Waals surface area contributed by atoms with Gasteiger partial charge in [-0.1, -0.05) is 6.92 Å². The molecule has 0 aliphatic heterocycles. The Kier molecular flexibility index (Phi) is 5.35. The number of carbonyl (C=O) groups excluding carboxylic acids is 2. The Hall–Kier alpha value is -1.85. The van der Waals surface area contributed by atoms with E-state index in [-0.39, 0.29) is 18.4 Å². The number of hydrogen-bond acceptors (Lipinski definition) is 4. The third-order valence-electron chi connectivity index (χ3n) is 2.44. The molecule has 100 valence electrons. The highest BCUT2D eigenvalue weighted by Gasteiger charge is 2.20. The van der Waals surface area contributed by atoms with Crippen LogP contribution in [0.4, 0.5) is 0 Å². The van der Waals surface area contributed by atoms with Crippen molar-refractivity contribution in [2.45, 2.75) is 20.3 Å². The highest BCUT2D eigenvalue weighted by Crippen LogP contribution is 2.04. The van der Waals surface area contributed by atoms with Gasteiger partial charge in [0.1, 0.15) is 12.2 Å². The minimum atomic E-state index is -0.388. The van der Waals surface area contributed by atoms with Crippen molar-refractivity contribution < 1.29 is 14.3 Å². The Balaban J connectivity index is 2.75.